The second kappa shape index (κ2) is 11.7. The van der Waals surface area contributed by atoms with E-state index in [1.54, 1.807) is 0 Å². The van der Waals surface area contributed by atoms with Gasteiger partial charge in [-0.3, -0.25) is 0 Å². The van der Waals surface area contributed by atoms with Crippen LogP contribution >= 0.6 is 24.0 Å². The lowest BCUT2D eigenvalue weighted by Gasteiger charge is -2.32. The van der Waals surface area contributed by atoms with Gasteiger partial charge in [0.25, 0.3) is 0 Å². The molecule has 0 atom stereocenters. The highest BCUT2D eigenvalue weighted by atomic mass is 127. The van der Waals surface area contributed by atoms with Crippen LogP contribution in [0.4, 0.5) is 5.69 Å². The molecule has 2 N–H and O–H groups in total. The molecule has 1 saturated heterocycles. The molecule has 0 radical (unpaired) electrons. The van der Waals surface area contributed by atoms with Crippen LogP contribution in [0, 0.1) is 5.92 Å². The summed E-state index contributed by atoms with van der Waals surface area (Å²) in [6.07, 6.45) is 4.38. The van der Waals surface area contributed by atoms with Crippen molar-refractivity contribution >= 4 is 35.6 Å². The molecule has 0 aliphatic carbocycles. The number of benzene rings is 1. The first-order valence-corrected chi connectivity index (χ1v) is 11.2. The normalized spacial score (nSPS) is 15.5. The molecular formula is C24H38IN5O. The number of piperidine rings is 1. The fourth-order valence-electron chi connectivity index (χ4n) is 3.49. The second-order valence-electron chi connectivity index (χ2n) is 9.25. The Morgan fingerprint density at radius 2 is 1.84 bits per heavy atom. The Labute approximate surface area is 204 Å². The lowest BCUT2D eigenvalue weighted by atomic mass is 9.94. The molecule has 1 aromatic heterocycles. The zero-order chi connectivity index (χ0) is 21.6. The number of oxazole rings is 1. The van der Waals surface area contributed by atoms with E-state index in [2.05, 4.69) is 79.4 Å². The summed E-state index contributed by atoms with van der Waals surface area (Å²) in [5, 5.41) is 6.60. The monoisotopic (exact) mass is 539 g/mol. The van der Waals surface area contributed by atoms with Crippen molar-refractivity contribution in [3.8, 4) is 0 Å². The maximum Gasteiger partial charge on any atom is 0.213 e. The largest absolute Gasteiger partial charge is 0.443 e. The summed E-state index contributed by atoms with van der Waals surface area (Å²) in [4.78, 5) is 11.6. The fourth-order valence-corrected chi connectivity index (χ4v) is 3.49. The molecule has 2 aromatic rings. The number of halogens is 1. The van der Waals surface area contributed by atoms with E-state index in [9.17, 15) is 0 Å². The molecule has 2 heterocycles. The molecule has 6 nitrogen and oxygen atoms in total. The van der Waals surface area contributed by atoms with Crippen molar-refractivity contribution in [1.82, 2.24) is 15.6 Å². The zero-order valence-electron chi connectivity index (χ0n) is 19.6. The van der Waals surface area contributed by atoms with E-state index in [1.165, 1.54) is 24.1 Å². The van der Waals surface area contributed by atoms with E-state index in [1.807, 2.05) is 6.20 Å². The van der Waals surface area contributed by atoms with Gasteiger partial charge >= 0.3 is 0 Å². The third-order valence-electron chi connectivity index (χ3n) is 5.55. The number of guanidine groups is 1. The highest BCUT2D eigenvalue weighted by molar-refractivity contribution is 14.0. The molecule has 0 bridgehead atoms. The van der Waals surface area contributed by atoms with Gasteiger partial charge in [-0.2, -0.15) is 0 Å². The smallest absolute Gasteiger partial charge is 0.213 e. The third-order valence-corrected chi connectivity index (χ3v) is 5.55. The van der Waals surface area contributed by atoms with Crippen LogP contribution in [0.5, 0.6) is 0 Å². The van der Waals surface area contributed by atoms with Gasteiger partial charge in [0.1, 0.15) is 5.76 Å². The average molecular weight is 540 g/mol. The van der Waals surface area contributed by atoms with Crippen LogP contribution in [0.1, 0.15) is 64.7 Å². The predicted octanol–water partition coefficient (Wildman–Crippen LogP) is 5.08. The van der Waals surface area contributed by atoms with Gasteiger partial charge in [-0.1, -0.05) is 39.8 Å². The topological polar surface area (TPSA) is 65.7 Å². The summed E-state index contributed by atoms with van der Waals surface area (Å²) in [5.74, 6) is 3.18. The van der Waals surface area contributed by atoms with Crippen LogP contribution in [-0.2, 0) is 18.5 Å². The molecule has 1 aliphatic heterocycles. The maximum absolute atomic E-state index is 5.86. The lowest BCUT2D eigenvalue weighted by Crippen LogP contribution is -2.36. The Balaban J connectivity index is 0.00000341. The van der Waals surface area contributed by atoms with Gasteiger partial charge in [0.2, 0.25) is 5.89 Å². The van der Waals surface area contributed by atoms with E-state index < -0.39 is 0 Å². The van der Waals surface area contributed by atoms with E-state index in [0.29, 0.717) is 19.0 Å². The summed E-state index contributed by atoms with van der Waals surface area (Å²) in [5.41, 5.74) is 2.48. The van der Waals surface area contributed by atoms with Crippen molar-refractivity contribution in [2.45, 2.75) is 66.0 Å². The summed E-state index contributed by atoms with van der Waals surface area (Å²) in [7, 11) is 0. The standard InChI is InChI=1S/C24H37N5O.HI/c1-6-25-23(28-17-22-26-16-21(30-22)24(3,4)5)27-15-19-7-9-20(10-8-19)29-13-11-18(2)12-14-29;/h7-10,16,18H,6,11-15,17H2,1-5H3,(H2,25,27,28);1H. The quantitative estimate of drug-likeness (QED) is 0.305. The Kier molecular flexibility index (Phi) is 9.65. The number of aliphatic imine (C=N–C) groups is 1. The van der Waals surface area contributed by atoms with Crippen LogP contribution < -0.4 is 15.5 Å². The number of rotatable bonds is 6. The molecular weight excluding hydrogens is 501 g/mol. The Hall–Kier alpha value is -1.77. The van der Waals surface area contributed by atoms with Crippen LogP contribution in [0.2, 0.25) is 0 Å². The Bertz CT molecular complexity index is 817. The van der Waals surface area contributed by atoms with Gasteiger partial charge in [-0.05, 0) is 43.4 Å². The van der Waals surface area contributed by atoms with E-state index in [4.69, 9.17) is 9.41 Å². The van der Waals surface area contributed by atoms with Crippen LogP contribution in [0.3, 0.4) is 0 Å². The van der Waals surface area contributed by atoms with Crippen molar-refractivity contribution in [1.29, 1.82) is 0 Å². The van der Waals surface area contributed by atoms with Gasteiger partial charge < -0.3 is 20.0 Å². The van der Waals surface area contributed by atoms with E-state index in [0.717, 1.165) is 37.3 Å². The molecule has 0 unspecified atom stereocenters. The van der Waals surface area contributed by atoms with Crippen LogP contribution in [0.25, 0.3) is 0 Å². The molecule has 7 heteroatoms. The highest BCUT2D eigenvalue weighted by Gasteiger charge is 2.19. The highest BCUT2D eigenvalue weighted by Crippen LogP contribution is 2.24. The first kappa shape index (κ1) is 25.5. The molecule has 0 amide bonds. The van der Waals surface area contributed by atoms with Crippen molar-refractivity contribution in [2.24, 2.45) is 10.9 Å². The number of anilines is 1. The van der Waals surface area contributed by atoms with Gasteiger partial charge in [0, 0.05) is 30.7 Å². The first-order valence-electron chi connectivity index (χ1n) is 11.2. The zero-order valence-corrected chi connectivity index (χ0v) is 21.9. The van der Waals surface area contributed by atoms with E-state index in [-0.39, 0.29) is 29.4 Å². The summed E-state index contributed by atoms with van der Waals surface area (Å²) in [6.45, 7) is 15.0. The minimum atomic E-state index is -0.0392. The number of aromatic nitrogens is 1. The third kappa shape index (κ3) is 7.70. The average Bonchev–Trinajstić information content (AvgIpc) is 3.21. The van der Waals surface area contributed by atoms with Gasteiger partial charge in [-0.15, -0.1) is 24.0 Å². The second-order valence-corrected chi connectivity index (χ2v) is 9.25. The van der Waals surface area contributed by atoms with Crippen molar-refractivity contribution < 1.29 is 4.42 Å². The minimum absolute atomic E-state index is 0. The number of hydrogen-bond acceptors (Lipinski definition) is 4. The summed E-state index contributed by atoms with van der Waals surface area (Å²) in [6, 6.07) is 8.82. The van der Waals surface area contributed by atoms with Gasteiger partial charge in [-0.25, -0.2) is 9.98 Å². The lowest BCUT2D eigenvalue weighted by molar-refractivity contribution is 0.379. The summed E-state index contributed by atoms with van der Waals surface area (Å²) >= 11 is 0. The first-order chi connectivity index (χ1) is 14.3. The molecule has 1 aromatic carbocycles. The predicted molar refractivity (Wildman–Crippen MR) is 139 cm³/mol. The van der Waals surface area contributed by atoms with Gasteiger partial charge in [0.15, 0.2) is 5.96 Å². The number of nitrogens with zero attached hydrogens (tertiary/aromatic N) is 3. The van der Waals surface area contributed by atoms with Crippen LogP contribution in [-0.4, -0.2) is 30.6 Å². The Morgan fingerprint density at radius 1 is 1.16 bits per heavy atom. The molecule has 0 spiro atoms. The minimum Gasteiger partial charge on any atom is -0.443 e. The summed E-state index contributed by atoms with van der Waals surface area (Å²) < 4.78 is 5.86. The van der Waals surface area contributed by atoms with Crippen molar-refractivity contribution in [2.75, 3.05) is 24.5 Å². The van der Waals surface area contributed by atoms with Crippen molar-refractivity contribution in [3.05, 3.63) is 47.7 Å². The van der Waals surface area contributed by atoms with Crippen molar-refractivity contribution in [3.63, 3.8) is 0 Å². The van der Waals surface area contributed by atoms with E-state index >= 15 is 0 Å². The van der Waals surface area contributed by atoms with Crippen LogP contribution in [0.15, 0.2) is 39.9 Å². The number of hydrogen-bond donors (Lipinski definition) is 2. The molecule has 0 saturated carbocycles. The molecule has 31 heavy (non-hydrogen) atoms. The SMILES string of the molecule is CCNC(=NCc1ccc(N2CCC(C)CC2)cc1)NCc1ncc(C(C)(C)C)o1.I. The molecule has 3 rings (SSSR count). The fraction of sp³-hybridized carbons (Fsp3) is 0.583. The van der Waals surface area contributed by atoms with Gasteiger partial charge in [0.05, 0.1) is 19.3 Å². The molecule has 172 valence electrons. The maximum atomic E-state index is 5.86. The number of nitrogens with one attached hydrogen (secondary N) is 2. The molecule has 1 aliphatic rings. The molecule has 1 fully saturated rings. The Morgan fingerprint density at radius 3 is 2.42 bits per heavy atom.